The molecule has 1 aromatic carbocycles. The molecule has 7 nitrogen and oxygen atoms in total. The van der Waals surface area contributed by atoms with Crippen molar-refractivity contribution in [2.75, 3.05) is 25.0 Å². The summed E-state index contributed by atoms with van der Waals surface area (Å²) in [6.45, 7) is 3.44. The molecule has 1 aliphatic heterocycles. The van der Waals surface area contributed by atoms with Crippen LogP contribution in [0.5, 0.6) is 0 Å². The Bertz CT molecular complexity index is 1140. The highest BCUT2D eigenvalue weighted by molar-refractivity contribution is 5.95. The number of aliphatic hydroxyl groups excluding tert-OH is 1. The van der Waals surface area contributed by atoms with Gasteiger partial charge in [0.2, 0.25) is 5.91 Å². The van der Waals surface area contributed by atoms with Crippen LogP contribution in [-0.4, -0.2) is 50.4 Å². The molecule has 0 radical (unpaired) electrons. The quantitative estimate of drug-likeness (QED) is 0.570. The van der Waals surface area contributed by atoms with Crippen molar-refractivity contribution in [2.45, 2.75) is 51.5 Å². The number of amides is 1. The van der Waals surface area contributed by atoms with E-state index in [1.54, 1.807) is 0 Å². The lowest BCUT2D eigenvalue weighted by atomic mass is 9.82. The van der Waals surface area contributed by atoms with Crippen LogP contribution in [0.15, 0.2) is 36.7 Å². The molecule has 0 spiro atoms. The number of benzene rings is 1. The summed E-state index contributed by atoms with van der Waals surface area (Å²) in [7, 11) is 2.02. The van der Waals surface area contributed by atoms with Crippen molar-refractivity contribution in [2.24, 2.45) is 18.9 Å². The number of carbonyl (C=O) groups is 1. The molecule has 5 rings (SSSR count). The summed E-state index contributed by atoms with van der Waals surface area (Å²) in [4.78, 5) is 19.8. The van der Waals surface area contributed by atoms with Gasteiger partial charge in [-0.05, 0) is 80.6 Å². The van der Waals surface area contributed by atoms with Crippen LogP contribution in [0.3, 0.4) is 0 Å². The Balaban J connectivity index is 1.34. The van der Waals surface area contributed by atoms with Gasteiger partial charge in [0.1, 0.15) is 5.82 Å². The summed E-state index contributed by atoms with van der Waals surface area (Å²) < 4.78 is 2.00. The Labute approximate surface area is 201 Å². The Kier molecular flexibility index (Phi) is 6.92. The number of anilines is 1. The van der Waals surface area contributed by atoms with E-state index in [4.69, 9.17) is 0 Å². The Morgan fingerprint density at radius 1 is 1.06 bits per heavy atom. The molecule has 0 atom stereocenters. The third-order valence-electron chi connectivity index (χ3n) is 7.64. The average Bonchev–Trinajstić information content (AvgIpc) is 3.24. The third kappa shape index (κ3) is 5.00. The number of likely N-dealkylation sites (tertiary alicyclic amines) is 1. The monoisotopic (exact) mass is 461 g/mol. The van der Waals surface area contributed by atoms with Gasteiger partial charge in [0.25, 0.3) is 0 Å². The smallest absolute Gasteiger partial charge is 0.228 e. The summed E-state index contributed by atoms with van der Waals surface area (Å²) in [5.41, 5.74) is 3.54. The first kappa shape index (κ1) is 23.0. The fraction of sp³-hybridized carbons (Fsp3) is 0.519. The third-order valence-corrected chi connectivity index (χ3v) is 7.64. The fourth-order valence-electron chi connectivity index (χ4n) is 5.43. The summed E-state index contributed by atoms with van der Waals surface area (Å²) in [6, 6.07) is 8.38. The molecular formula is C27H35N5O2. The van der Waals surface area contributed by atoms with E-state index in [0.717, 1.165) is 67.2 Å². The molecule has 3 heterocycles. The molecule has 7 heteroatoms. The minimum atomic E-state index is -0.000583. The summed E-state index contributed by atoms with van der Waals surface area (Å²) >= 11 is 0. The fourth-order valence-corrected chi connectivity index (χ4v) is 5.43. The molecule has 1 amide bonds. The number of rotatable bonds is 6. The lowest BCUT2D eigenvalue weighted by Crippen LogP contribution is -2.30. The number of carbonyl (C=O) groups excluding carboxylic acids is 1. The van der Waals surface area contributed by atoms with E-state index in [1.165, 1.54) is 25.0 Å². The van der Waals surface area contributed by atoms with E-state index >= 15 is 0 Å². The van der Waals surface area contributed by atoms with E-state index in [0.29, 0.717) is 11.7 Å². The topological polar surface area (TPSA) is 83.3 Å². The Morgan fingerprint density at radius 2 is 1.85 bits per heavy atom. The molecule has 0 unspecified atom stereocenters. The molecule has 0 bridgehead atoms. The Hall–Kier alpha value is -2.77. The zero-order valence-electron chi connectivity index (χ0n) is 20.0. The second-order valence-corrected chi connectivity index (χ2v) is 9.99. The highest BCUT2D eigenvalue weighted by Gasteiger charge is 2.26. The maximum atomic E-state index is 12.8. The minimum Gasteiger partial charge on any atom is -0.396 e. The van der Waals surface area contributed by atoms with Crippen LogP contribution in [0.2, 0.25) is 0 Å². The maximum Gasteiger partial charge on any atom is 0.228 e. The molecule has 2 fully saturated rings. The van der Waals surface area contributed by atoms with Crippen LogP contribution in [0.4, 0.5) is 5.82 Å². The van der Waals surface area contributed by atoms with Crippen LogP contribution in [0, 0.1) is 11.8 Å². The zero-order valence-corrected chi connectivity index (χ0v) is 20.0. The minimum absolute atomic E-state index is 0.000583. The maximum absolute atomic E-state index is 12.8. The van der Waals surface area contributed by atoms with E-state index < -0.39 is 0 Å². The van der Waals surface area contributed by atoms with Crippen molar-refractivity contribution >= 4 is 22.5 Å². The molecule has 1 saturated carbocycles. The van der Waals surface area contributed by atoms with Crippen LogP contribution in [0.1, 0.15) is 50.6 Å². The number of nitrogens with zero attached hydrogens (tertiary/aromatic N) is 4. The van der Waals surface area contributed by atoms with E-state index in [1.807, 2.05) is 30.2 Å². The van der Waals surface area contributed by atoms with Crippen LogP contribution in [-0.2, 0) is 18.4 Å². The van der Waals surface area contributed by atoms with E-state index in [9.17, 15) is 9.90 Å². The molecule has 2 N–H and O–H groups in total. The van der Waals surface area contributed by atoms with E-state index in [2.05, 4.69) is 38.5 Å². The SMILES string of the molecule is Cn1ncc(-c2ccc3cnc(NC(=O)C4CCC(CO)CC4)cc3c2)c1CN1CCCCC1. The van der Waals surface area contributed by atoms with Gasteiger partial charge in [-0.2, -0.15) is 5.10 Å². The highest BCUT2D eigenvalue weighted by atomic mass is 16.3. The second kappa shape index (κ2) is 10.2. The standard InChI is InChI=1S/C27H35N5O2/c1-31-25(17-32-11-3-2-4-12-32)24(16-29-31)21-9-10-22-15-28-26(14-23(22)13-21)30-27(34)20-7-5-19(18-33)6-8-20/h9-10,13-16,19-20,33H,2-8,11-12,17-18H2,1H3,(H,28,30,34). The van der Waals surface area contributed by atoms with Crippen molar-refractivity contribution in [3.8, 4) is 11.1 Å². The predicted octanol–water partition coefficient (Wildman–Crippen LogP) is 4.36. The van der Waals surface area contributed by atoms with Crippen molar-refractivity contribution in [3.05, 3.63) is 42.4 Å². The van der Waals surface area contributed by atoms with Crippen molar-refractivity contribution < 1.29 is 9.90 Å². The normalized spacial score (nSPS) is 21.6. The van der Waals surface area contributed by atoms with Gasteiger partial charge in [0.15, 0.2) is 0 Å². The van der Waals surface area contributed by atoms with Gasteiger partial charge in [-0.15, -0.1) is 0 Å². The Morgan fingerprint density at radius 3 is 2.62 bits per heavy atom. The molecule has 1 aliphatic carbocycles. The van der Waals surface area contributed by atoms with Gasteiger partial charge < -0.3 is 10.4 Å². The van der Waals surface area contributed by atoms with Crippen molar-refractivity contribution in [1.82, 2.24) is 19.7 Å². The van der Waals surface area contributed by atoms with Gasteiger partial charge in [-0.3, -0.25) is 14.4 Å². The van der Waals surface area contributed by atoms with Crippen LogP contribution >= 0.6 is 0 Å². The summed E-state index contributed by atoms with van der Waals surface area (Å²) in [6.07, 6.45) is 11.1. The van der Waals surface area contributed by atoms with Crippen molar-refractivity contribution in [3.63, 3.8) is 0 Å². The molecule has 2 aromatic heterocycles. The molecule has 34 heavy (non-hydrogen) atoms. The lowest BCUT2D eigenvalue weighted by molar-refractivity contribution is -0.121. The number of hydrogen-bond donors (Lipinski definition) is 2. The van der Waals surface area contributed by atoms with Crippen LogP contribution < -0.4 is 5.32 Å². The van der Waals surface area contributed by atoms with Crippen LogP contribution in [0.25, 0.3) is 21.9 Å². The van der Waals surface area contributed by atoms with Gasteiger partial charge >= 0.3 is 0 Å². The first-order valence-corrected chi connectivity index (χ1v) is 12.7. The molecular weight excluding hydrogens is 426 g/mol. The number of aliphatic hydroxyl groups is 1. The largest absolute Gasteiger partial charge is 0.396 e. The first-order chi connectivity index (χ1) is 16.6. The first-order valence-electron chi connectivity index (χ1n) is 12.7. The number of hydrogen-bond acceptors (Lipinski definition) is 5. The summed E-state index contributed by atoms with van der Waals surface area (Å²) in [5, 5.41) is 19.0. The number of fused-ring (bicyclic) bond motifs is 1. The van der Waals surface area contributed by atoms with Gasteiger partial charge in [0.05, 0.1) is 11.9 Å². The molecule has 3 aromatic rings. The predicted molar refractivity (Wildman–Crippen MR) is 134 cm³/mol. The molecule has 2 aliphatic rings. The summed E-state index contributed by atoms with van der Waals surface area (Å²) in [5.74, 6) is 0.974. The van der Waals surface area contributed by atoms with Crippen molar-refractivity contribution in [1.29, 1.82) is 0 Å². The average molecular weight is 462 g/mol. The zero-order chi connectivity index (χ0) is 23.5. The lowest BCUT2D eigenvalue weighted by Gasteiger charge is -2.26. The number of pyridine rings is 1. The number of aromatic nitrogens is 3. The van der Waals surface area contributed by atoms with Gasteiger partial charge in [0, 0.05) is 43.3 Å². The van der Waals surface area contributed by atoms with Gasteiger partial charge in [-0.25, -0.2) is 4.98 Å². The number of aryl methyl sites for hydroxylation is 1. The molecule has 1 saturated heterocycles. The van der Waals surface area contributed by atoms with Gasteiger partial charge in [-0.1, -0.05) is 18.6 Å². The molecule has 180 valence electrons. The van der Waals surface area contributed by atoms with E-state index in [-0.39, 0.29) is 18.4 Å². The second-order valence-electron chi connectivity index (χ2n) is 9.99. The number of piperidine rings is 1. The number of nitrogens with one attached hydrogen (secondary N) is 1. The highest BCUT2D eigenvalue weighted by Crippen LogP contribution is 2.31.